The Kier molecular flexibility index (Phi) is 4.82. The zero-order chi connectivity index (χ0) is 17.5. The lowest BCUT2D eigenvalue weighted by atomic mass is 9.72. The highest BCUT2D eigenvalue weighted by atomic mass is 32.2. The van der Waals surface area contributed by atoms with Crippen LogP contribution in [0.25, 0.3) is 0 Å². The Bertz CT molecular complexity index is 728. The minimum atomic E-state index is -2.88. The van der Waals surface area contributed by atoms with Crippen LogP contribution in [0.3, 0.4) is 0 Å². The van der Waals surface area contributed by atoms with Crippen molar-refractivity contribution in [1.29, 1.82) is 0 Å². The van der Waals surface area contributed by atoms with E-state index in [1.165, 1.54) is 16.9 Å². The molecule has 0 radical (unpaired) electrons. The summed E-state index contributed by atoms with van der Waals surface area (Å²) < 4.78 is 23.0. The molecular formula is C18H27NO3S2. The number of thiophene rings is 1. The summed E-state index contributed by atoms with van der Waals surface area (Å²) in [6, 6.07) is 2.05. The van der Waals surface area contributed by atoms with E-state index in [0.717, 1.165) is 17.7 Å². The Morgan fingerprint density at radius 1 is 1.33 bits per heavy atom. The molecule has 3 rings (SSSR count). The van der Waals surface area contributed by atoms with Crippen molar-refractivity contribution in [3.8, 4) is 0 Å². The summed E-state index contributed by atoms with van der Waals surface area (Å²) >= 11 is 1.61. The minimum absolute atomic E-state index is 0.0500. The highest BCUT2D eigenvalue weighted by Crippen LogP contribution is 2.40. The molecule has 1 aliphatic carbocycles. The summed E-state index contributed by atoms with van der Waals surface area (Å²) in [7, 11) is -2.88. The van der Waals surface area contributed by atoms with Gasteiger partial charge in [0.2, 0.25) is 0 Å². The number of rotatable bonds is 3. The SMILES string of the molecule is CC(C)(C)C1CCc2sc(C(=O)NCC3CCS(=O)(=O)C3)cc2C1. The van der Waals surface area contributed by atoms with Crippen LogP contribution < -0.4 is 5.32 Å². The van der Waals surface area contributed by atoms with E-state index in [9.17, 15) is 13.2 Å². The molecule has 1 aromatic heterocycles. The van der Waals surface area contributed by atoms with E-state index in [2.05, 4.69) is 32.2 Å². The van der Waals surface area contributed by atoms with Crippen molar-refractivity contribution in [3.63, 3.8) is 0 Å². The van der Waals surface area contributed by atoms with Crippen molar-refractivity contribution in [2.24, 2.45) is 17.3 Å². The lowest BCUT2D eigenvalue weighted by molar-refractivity contribution is 0.0952. The summed E-state index contributed by atoms with van der Waals surface area (Å²) in [6.07, 6.45) is 3.98. The fourth-order valence-corrected chi connectivity index (χ4v) is 6.72. The number of nitrogens with one attached hydrogen (secondary N) is 1. The van der Waals surface area contributed by atoms with Crippen molar-refractivity contribution in [2.75, 3.05) is 18.1 Å². The van der Waals surface area contributed by atoms with Gasteiger partial charge in [0.15, 0.2) is 9.84 Å². The molecule has 2 heterocycles. The Balaban J connectivity index is 1.60. The molecule has 2 atom stereocenters. The van der Waals surface area contributed by atoms with Gasteiger partial charge in [0.25, 0.3) is 5.91 Å². The van der Waals surface area contributed by atoms with Gasteiger partial charge in [0.1, 0.15) is 0 Å². The fourth-order valence-electron chi connectivity index (χ4n) is 3.73. The van der Waals surface area contributed by atoms with Crippen LogP contribution in [0.2, 0.25) is 0 Å². The topological polar surface area (TPSA) is 63.2 Å². The molecule has 1 aromatic rings. The molecule has 1 N–H and O–H groups in total. The summed E-state index contributed by atoms with van der Waals surface area (Å²) in [5.74, 6) is 1.15. The van der Waals surface area contributed by atoms with Crippen molar-refractivity contribution >= 4 is 27.1 Å². The molecule has 1 aliphatic heterocycles. The second-order valence-corrected chi connectivity index (χ2v) is 11.7. The maximum Gasteiger partial charge on any atom is 0.261 e. The van der Waals surface area contributed by atoms with Crippen LogP contribution in [0.4, 0.5) is 0 Å². The Labute approximate surface area is 149 Å². The van der Waals surface area contributed by atoms with E-state index in [1.54, 1.807) is 11.3 Å². The number of hydrogen-bond donors (Lipinski definition) is 1. The maximum absolute atomic E-state index is 12.4. The van der Waals surface area contributed by atoms with Crippen LogP contribution in [0, 0.1) is 17.3 Å². The first-order valence-electron chi connectivity index (χ1n) is 8.74. The Morgan fingerprint density at radius 2 is 2.08 bits per heavy atom. The third-order valence-electron chi connectivity index (χ3n) is 5.41. The van der Waals surface area contributed by atoms with Gasteiger partial charge in [-0.05, 0) is 54.6 Å². The number of hydrogen-bond acceptors (Lipinski definition) is 4. The van der Waals surface area contributed by atoms with E-state index in [1.807, 2.05) is 0 Å². The molecule has 2 aliphatic rings. The molecular weight excluding hydrogens is 342 g/mol. The molecule has 134 valence electrons. The van der Waals surface area contributed by atoms with Gasteiger partial charge < -0.3 is 5.32 Å². The molecule has 24 heavy (non-hydrogen) atoms. The third-order valence-corrected chi connectivity index (χ3v) is 8.48. The highest BCUT2D eigenvalue weighted by Gasteiger charge is 2.31. The van der Waals surface area contributed by atoms with Gasteiger partial charge in [-0.15, -0.1) is 11.3 Å². The number of amides is 1. The fraction of sp³-hybridized carbons (Fsp3) is 0.722. The molecule has 0 saturated carbocycles. The van der Waals surface area contributed by atoms with Crippen LogP contribution in [-0.4, -0.2) is 32.4 Å². The standard InChI is InChI=1S/C18H27NO3S2/c1-18(2,3)14-4-5-15-13(8-14)9-16(23-15)17(20)19-10-12-6-7-24(21,22)11-12/h9,12,14H,4-8,10-11H2,1-3H3,(H,19,20). The molecule has 0 spiro atoms. The molecule has 4 nitrogen and oxygen atoms in total. The van der Waals surface area contributed by atoms with Crippen LogP contribution in [0.15, 0.2) is 6.07 Å². The molecule has 2 unspecified atom stereocenters. The summed E-state index contributed by atoms with van der Waals surface area (Å²) in [5.41, 5.74) is 1.63. The van der Waals surface area contributed by atoms with Gasteiger partial charge >= 0.3 is 0 Å². The highest BCUT2D eigenvalue weighted by molar-refractivity contribution is 7.91. The lowest BCUT2D eigenvalue weighted by Gasteiger charge is -2.33. The normalized spacial score (nSPS) is 26.1. The largest absolute Gasteiger partial charge is 0.351 e. The van der Waals surface area contributed by atoms with Crippen LogP contribution >= 0.6 is 11.3 Å². The number of fused-ring (bicyclic) bond motifs is 1. The third kappa shape index (κ3) is 4.02. The van der Waals surface area contributed by atoms with Crippen molar-refractivity contribution in [2.45, 2.75) is 46.5 Å². The van der Waals surface area contributed by atoms with Gasteiger partial charge in [-0.1, -0.05) is 20.8 Å². The lowest BCUT2D eigenvalue weighted by Crippen LogP contribution is -2.29. The second kappa shape index (κ2) is 6.45. The first-order chi connectivity index (χ1) is 11.1. The molecule has 0 aromatic carbocycles. The van der Waals surface area contributed by atoms with Crippen LogP contribution in [0.5, 0.6) is 0 Å². The van der Waals surface area contributed by atoms with E-state index >= 15 is 0 Å². The number of aryl methyl sites for hydroxylation is 1. The second-order valence-electron chi connectivity index (χ2n) is 8.34. The monoisotopic (exact) mass is 369 g/mol. The molecule has 0 bridgehead atoms. The number of carbonyl (C=O) groups excluding carboxylic acids is 1. The molecule has 6 heteroatoms. The van der Waals surface area contributed by atoms with Crippen molar-refractivity contribution < 1.29 is 13.2 Å². The average Bonchev–Trinajstić information content (AvgIpc) is 3.06. The number of sulfone groups is 1. The first-order valence-corrected chi connectivity index (χ1v) is 11.4. The molecule has 1 saturated heterocycles. The number of carbonyl (C=O) groups is 1. The minimum Gasteiger partial charge on any atom is -0.351 e. The molecule has 1 fully saturated rings. The summed E-state index contributed by atoms with van der Waals surface area (Å²) in [5, 5.41) is 2.94. The maximum atomic E-state index is 12.4. The van der Waals surface area contributed by atoms with E-state index in [4.69, 9.17) is 0 Å². The van der Waals surface area contributed by atoms with Gasteiger partial charge in [0.05, 0.1) is 16.4 Å². The Morgan fingerprint density at radius 3 is 2.71 bits per heavy atom. The predicted molar refractivity (Wildman–Crippen MR) is 98.4 cm³/mol. The van der Waals surface area contributed by atoms with Crippen LogP contribution in [-0.2, 0) is 22.7 Å². The summed E-state index contributed by atoms with van der Waals surface area (Å²) in [4.78, 5) is 14.5. The first kappa shape index (κ1) is 17.9. The van der Waals surface area contributed by atoms with Gasteiger partial charge in [-0.2, -0.15) is 0 Å². The van der Waals surface area contributed by atoms with Crippen molar-refractivity contribution in [1.82, 2.24) is 5.32 Å². The smallest absolute Gasteiger partial charge is 0.261 e. The predicted octanol–water partition coefficient (Wildman–Crippen LogP) is 3.06. The van der Waals surface area contributed by atoms with Crippen molar-refractivity contribution in [3.05, 3.63) is 21.4 Å². The van der Waals surface area contributed by atoms with Crippen LogP contribution in [0.1, 0.15) is 53.7 Å². The van der Waals surface area contributed by atoms with Gasteiger partial charge in [-0.25, -0.2) is 8.42 Å². The van der Waals surface area contributed by atoms with E-state index < -0.39 is 9.84 Å². The van der Waals surface area contributed by atoms with E-state index in [0.29, 0.717) is 24.3 Å². The molecule has 1 amide bonds. The summed E-state index contributed by atoms with van der Waals surface area (Å²) in [6.45, 7) is 7.33. The van der Waals surface area contributed by atoms with E-state index in [-0.39, 0.29) is 23.3 Å². The zero-order valence-corrected chi connectivity index (χ0v) is 16.4. The average molecular weight is 370 g/mol. The van der Waals surface area contributed by atoms with Gasteiger partial charge in [-0.3, -0.25) is 4.79 Å². The zero-order valence-electron chi connectivity index (χ0n) is 14.7. The Hall–Kier alpha value is -0.880. The quantitative estimate of drug-likeness (QED) is 0.891. The van der Waals surface area contributed by atoms with Gasteiger partial charge in [0, 0.05) is 11.4 Å².